The fourth-order valence-corrected chi connectivity index (χ4v) is 3.16. The number of nitrogens with zero attached hydrogens (tertiary/aromatic N) is 1. The number of hydrogen-bond donors (Lipinski definition) is 1. The second-order valence-electron chi connectivity index (χ2n) is 7.27. The predicted octanol–water partition coefficient (Wildman–Crippen LogP) is 5.47. The average Bonchev–Trinajstić information content (AvgIpc) is 2.63. The molecule has 2 aromatic rings. The minimum absolute atomic E-state index is 0.0252. The van der Waals surface area contributed by atoms with Gasteiger partial charge < -0.3 is 10.2 Å². The predicted molar refractivity (Wildman–Crippen MR) is 112 cm³/mol. The Labute approximate surface area is 158 Å². The number of benzene rings is 2. The first-order chi connectivity index (χ1) is 12.4. The Kier molecular flexibility index (Phi) is 7.26. The molecule has 1 N–H and O–H groups in total. The fraction of sp³-hybridized carbons (Fsp3) is 0.435. The van der Waals surface area contributed by atoms with E-state index in [-0.39, 0.29) is 11.8 Å². The highest BCUT2D eigenvalue weighted by Gasteiger charge is 2.15. The van der Waals surface area contributed by atoms with E-state index in [1.807, 2.05) is 19.1 Å². The Morgan fingerprint density at radius 2 is 1.50 bits per heavy atom. The molecule has 0 aliphatic rings. The molecule has 0 unspecified atom stereocenters. The van der Waals surface area contributed by atoms with Crippen LogP contribution in [0.5, 0.6) is 0 Å². The van der Waals surface area contributed by atoms with Crippen molar-refractivity contribution >= 4 is 17.3 Å². The van der Waals surface area contributed by atoms with Gasteiger partial charge in [0.05, 0.1) is 5.92 Å². The molecule has 1 atom stereocenters. The van der Waals surface area contributed by atoms with E-state index in [1.54, 1.807) is 0 Å². The minimum atomic E-state index is -0.175. The Morgan fingerprint density at radius 1 is 0.923 bits per heavy atom. The van der Waals surface area contributed by atoms with E-state index in [9.17, 15) is 4.79 Å². The summed E-state index contributed by atoms with van der Waals surface area (Å²) in [6.07, 6.45) is 1.07. The summed E-state index contributed by atoms with van der Waals surface area (Å²) in [5.74, 6) is 0.489. The molecule has 2 rings (SSSR count). The SMILES string of the molecule is CCN(CC)c1ccc(NC(=O)[C@@H](C)c2ccc(CC(C)C)cc2)cc1. The highest BCUT2D eigenvalue weighted by atomic mass is 16.1. The van der Waals surface area contributed by atoms with E-state index < -0.39 is 0 Å². The van der Waals surface area contributed by atoms with Gasteiger partial charge in [-0.15, -0.1) is 0 Å². The number of anilines is 2. The number of rotatable bonds is 8. The van der Waals surface area contributed by atoms with Crippen LogP contribution in [0.2, 0.25) is 0 Å². The highest BCUT2D eigenvalue weighted by Crippen LogP contribution is 2.22. The van der Waals surface area contributed by atoms with Gasteiger partial charge in [0.1, 0.15) is 0 Å². The molecule has 3 heteroatoms. The van der Waals surface area contributed by atoms with E-state index in [0.29, 0.717) is 5.92 Å². The molecule has 0 saturated heterocycles. The molecule has 26 heavy (non-hydrogen) atoms. The van der Waals surface area contributed by atoms with E-state index in [4.69, 9.17) is 0 Å². The molecule has 3 nitrogen and oxygen atoms in total. The van der Waals surface area contributed by atoms with Crippen molar-refractivity contribution in [2.75, 3.05) is 23.3 Å². The maximum Gasteiger partial charge on any atom is 0.231 e. The van der Waals surface area contributed by atoms with Gasteiger partial charge >= 0.3 is 0 Å². The van der Waals surface area contributed by atoms with Crippen LogP contribution >= 0.6 is 0 Å². The molecule has 0 aliphatic carbocycles. The number of hydrogen-bond acceptors (Lipinski definition) is 2. The third kappa shape index (κ3) is 5.35. The molecule has 0 aliphatic heterocycles. The smallest absolute Gasteiger partial charge is 0.231 e. The Hall–Kier alpha value is -2.29. The summed E-state index contributed by atoms with van der Waals surface area (Å²) in [6, 6.07) is 16.5. The van der Waals surface area contributed by atoms with E-state index in [0.717, 1.165) is 30.8 Å². The topological polar surface area (TPSA) is 32.3 Å². The fourth-order valence-electron chi connectivity index (χ4n) is 3.16. The van der Waals surface area contributed by atoms with Gasteiger partial charge in [-0.3, -0.25) is 4.79 Å². The monoisotopic (exact) mass is 352 g/mol. The molecular weight excluding hydrogens is 320 g/mol. The number of carbonyl (C=O) groups is 1. The zero-order valence-electron chi connectivity index (χ0n) is 16.8. The average molecular weight is 353 g/mol. The number of amides is 1. The Balaban J connectivity index is 2.00. The molecular formula is C23H32N2O. The Morgan fingerprint density at radius 3 is 2.00 bits per heavy atom. The van der Waals surface area contributed by atoms with Crippen LogP contribution in [0.1, 0.15) is 51.7 Å². The largest absolute Gasteiger partial charge is 0.372 e. The quantitative estimate of drug-likeness (QED) is 0.683. The summed E-state index contributed by atoms with van der Waals surface area (Å²) in [7, 11) is 0. The van der Waals surface area contributed by atoms with Crippen LogP contribution in [0.15, 0.2) is 48.5 Å². The zero-order chi connectivity index (χ0) is 19.1. The van der Waals surface area contributed by atoms with Crippen molar-refractivity contribution in [3.8, 4) is 0 Å². The highest BCUT2D eigenvalue weighted by molar-refractivity contribution is 5.95. The van der Waals surface area contributed by atoms with Crippen molar-refractivity contribution < 1.29 is 4.79 Å². The van der Waals surface area contributed by atoms with Gasteiger partial charge in [-0.2, -0.15) is 0 Å². The second-order valence-corrected chi connectivity index (χ2v) is 7.27. The lowest BCUT2D eigenvalue weighted by atomic mass is 9.96. The molecule has 2 aromatic carbocycles. The summed E-state index contributed by atoms with van der Waals surface area (Å²) < 4.78 is 0. The maximum atomic E-state index is 12.6. The summed E-state index contributed by atoms with van der Waals surface area (Å²) >= 11 is 0. The van der Waals surface area contributed by atoms with Crippen LogP contribution < -0.4 is 10.2 Å². The third-order valence-electron chi connectivity index (χ3n) is 4.78. The number of nitrogens with one attached hydrogen (secondary N) is 1. The summed E-state index contributed by atoms with van der Waals surface area (Å²) in [6.45, 7) is 12.6. The van der Waals surface area contributed by atoms with Crippen LogP contribution in [0.25, 0.3) is 0 Å². The van der Waals surface area contributed by atoms with Gasteiger partial charge in [0.15, 0.2) is 0 Å². The van der Waals surface area contributed by atoms with Crippen LogP contribution in [-0.2, 0) is 11.2 Å². The van der Waals surface area contributed by atoms with Crippen molar-refractivity contribution in [3.05, 3.63) is 59.7 Å². The van der Waals surface area contributed by atoms with Crippen molar-refractivity contribution in [1.82, 2.24) is 0 Å². The van der Waals surface area contributed by atoms with Crippen molar-refractivity contribution in [2.24, 2.45) is 5.92 Å². The molecule has 1 amide bonds. The van der Waals surface area contributed by atoms with Crippen molar-refractivity contribution in [2.45, 2.75) is 47.0 Å². The molecule has 0 heterocycles. The van der Waals surface area contributed by atoms with Gasteiger partial charge in [-0.25, -0.2) is 0 Å². The van der Waals surface area contributed by atoms with Gasteiger partial charge in [0.2, 0.25) is 5.91 Å². The lowest BCUT2D eigenvalue weighted by Gasteiger charge is -2.21. The van der Waals surface area contributed by atoms with E-state index in [1.165, 1.54) is 11.3 Å². The second kappa shape index (κ2) is 9.42. The van der Waals surface area contributed by atoms with Gasteiger partial charge in [0.25, 0.3) is 0 Å². The normalized spacial score (nSPS) is 12.1. The lowest BCUT2D eigenvalue weighted by Crippen LogP contribution is -2.22. The molecule has 0 fully saturated rings. The molecule has 0 bridgehead atoms. The number of carbonyl (C=O) groups excluding carboxylic acids is 1. The van der Waals surface area contributed by atoms with Gasteiger partial charge in [-0.05, 0) is 68.5 Å². The van der Waals surface area contributed by atoms with E-state index in [2.05, 4.69) is 74.3 Å². The molecule has 0 spiro atoms. The van der Waals surface area contributed by atoms with Gasteiger partial charge in [0, 0.05) is 24.5 Å². The van der Waals surface area contributed by atoms with Crippen LogP contribution in [0.4, 0.5) is 11.4 Å². The van der Waals surface area contributed by atoms with Crippen molar-refractivity contribution in [3.63, 3.8) is 0 Å². The third-order valence-corrected chi connectivity index (χ3v) is 4.78. The summed E-state index contributed by atoms with van der Waals surface area (Å²) in [5, 5.41) is 3.03. The molecule has 140 valence electrons. The first-order valence-corrected chi connectivity index (χ1v) is 9.69. The van der Waals surface area contributed by atoms with Gasteiger partial charge in [-0.1, -0.05) is 38.1 Å². The molecule has 0 radical (unpaired) electrons. The van der Waals surface area contributed by atoms with Crippen LogP contribution in [0, 0.1) is 5.92 Å². The standard InChI is InChI=1S/C23H32N2O/c1-6-25(7-2)22-14-12-21(13-15-22)24-23(26)18(5)20-10-8-19(9-11-20)16-17(3)4/h8-15,17-18H,6-7,16H2,1-5H3,(H,24,26)/t18-/m0/s1. The lowest BCUT2D eigenvalue weighted by molar-refractivity contribution is -0.117. The Bertz CT molecular complexity index is 685. The summed E-state index contributed by atoms with van der Waals surface area (Å²) in [5.41, 5.74) is 4.40. The summed E-state index contributed by atoms with van der Waals surface area (Å²) in [4.78, 5) is 14.9. The van der Waals surface area contributed by atoms with Crippen molar-refractivity contribution in [1.29, 1.82) is 0 Å². The maximum absolute atomic E-state index is 12.6. The van der Waals surface area contributed by atoms with E-state index >= 15 is 0 Å². The first kappa shape index (κ1) is 20.0. The first-order valence-electron chi connectivity index (χ1n) is 9.69. The minimum Gasteiger partial charge on any atom is -0.372 e. The molecule has 0 saturated carbocycles. The van der Waals surface area contributed by atoms with Crippen LogP contribution in [-0.4, -0.2) is 19.0 Å². The zero-order valence-corrected chi connectivity index (χ0v) is 16.8. The molecule has 0 aromatic heterocycles. The van der Waals surface area contributed by atoms with Crippen LogP contribution in [0.3, 0.4) is 0 Å².